The summed E-state index contributed by atoms with van der Waals surface area (Å²) >= 11 is 0. The molecule has 0 spiro atoms. The summed E-state index contributed by atoms with van der Waals surface area (Å²) in [5, 5.41) is 2.16. The van der Waals surface area contributed by atoms with Gasteiger partial charge in [-0.1, -0.05) is 109 Å². The van der Waals surface area contributed by atoms with Crippen molar-refractivity contribution < 1.29 is 4.42 Å². The standard InChI is InChI=1S/C59H53N3O/c1-2-7-42(8-3-1)45-27-46(43-13-17-48(18-14-43)58-30-36-21-37(31-58)23-38(22-36)32-58)29-47(28-45)56-60-55(44-15-19-49(20-16-44)59-33-39-24-40(34-59)26-41(25-39)35-59)61-57(62-56)52-11-6-10-51-50-9-4-5-12-53(50)63-54(51)52/h1-20,27-29,36-41H,21-26,30-35H2. The van der Waals surface area contributed by atoms with Gasteiger partial charge >= 0.3 is 0 Å². The van der Waals surface area contributed by atoms with Crippen LogP contribution in [-0.2, 0) is 10.8 Å². The number of fused-ring (bicyclic) bond motifs is 3. The fraction of sp³-hybridized carbons (Fsp3) is 0.339. The second-order valence-electron chi connectivity index (χ2n) is 21.3. The van der Waals surface area contributed by atoms with E-state index in [2.05, 4.69) is 127 Å². The minimum atomic E-state index is 0.335. The molecule has 0 radical (unpaired) electrons. The van der Waals surface area contributed by atoms with Gasteiger partial charge < -0.3 is 4.42 Å². The Kier molecular flexibility index (Phi) is 8.02. The second kappa shape index (κ2) is 13.8. The van der Waals surface area contributed by atoms with E-state index in [-0.39, 0.29) is 0 Å². The van der Waals surface area contributed by atoms with Crippen LogP contribution in [0.1, 0.15) is 88.2 Å². The first kappa shape index (κ1) is 36.6. The number of hydrogen-bond donors (Lipinski definition) is 0. The first-order valence-corrected chi connectivity index (χ1v) is 24.1. The van der Waals surface area contributed by atoms with Gasteiger partial charge in [-0.3, -0.25) is 0 Å². The molecule has 2 heterocycles. The van der Waals surface area contributed by atoms with Crippen LogP contribution in [0.4, 0.5) is 0 Å². The van der Waals surface area contributed by atoms with Gasteiger partial charge in [-0.05, 0) is 187 Å². The number of nitrogens with zero attached hydrogens (tertiary/aromatic N) is 3. The Morgan fingerprint density at radius 3 is 1.38 bits per heavy atom. The summed E-state index contributed by atoms with van der Waals surface area (Å²) in [6, 6.07) is 51.4. The molecule has 8 bridgehead atoms. The molecular weight excluding hydrogens is 767 g/mol. The number of aromatic nitrogens is 3. The SMILES string of the molecule is c1ccc(-c2cc(-c3ccc(C45CC6CC(CC(C6)C4)C5)cc3)cc(-c3nc(-c4ccc(C56CC7CC(CC(C7)C5)C6)cc4)nc(-c4cccc5c4oc4ccccc45)n3)c2)cc1. The summed E-state index contributed by atoms with van der Waals surface area (Å²) in [5.74, 6) is 7.46. The molecular formula is C59H53N3O. The molecule has 8 aromatic rings. The highest BCUT2D eigenvalue weighted by Crippen LogP contribution is 2.62. The Balaban J connectivity index is 0.905. The van der Waals surface area contributed by atoms with Gasteiger partial charge in [0.1, 0.15) is 11.2 Å². The van der Waals surface area contributed by atoms with Crippen LogP contribution in [0, 0.1) is 35.5 Å². The number of furan rings is 1. The van der Waals surface area contributed by atoms with Crippen molar-refractivity contribution in [2.75, 3.05) is 0 Å². The monoisotopic (exact) mass is 819 g/mol. The highest BCUT2D eigenvalue weighted by Gasteiger charge is 2.52. The Labute approximate surface area is 370 Å². The largest absolute Gasteiger partial charge is 0.455 e. The summed E-state index contributed by atoms with van der Waals surface area (Å²) in [7, 11) is 0. The van der Waals surface area contributed by atoms with Crippen LogP contribution < -0.4 is 0 Å². The molecule has 310 valence electrons. The number of para-hydroxylation sites is 2. The number of benzene rings is 6. The number of rotatable bonds is 7. The van der Waals surface area contributed by atoms with Gasteiger partial charge in [0.05, 0.1) is 5.56 Å². The van der Waals surface area contributed by atoms with Crippen molar-refractivity contribution >= 4 is 21.9 Å². The topological polar surface area (TPSA) is 51.8 Å². The zero-order valence-corrected chi connectivity index (χ0v) is 36.0. The molecule has 8 fully saturated rings. The zero-order valence-electron chi connectivity index (χ0n) is 36.0. The Bertz CT molecular complexity index is 3000. The minimum absolute atomic E-state index is 0.335. The average molecular weight is 820 g/mol. The van der Waals surface area contributed by atoms with Crippen molar-refractivity contribution in [2.45, 2.75) is 87.9 Å². The van der Waals surface area contributed by atoms with Crippen molar-refractivity contribution in [3.05, 3.63) is 151 Å². The van der Waals surface area contributed by atoms with E-state index in [4.69, 9.17) is 19.4 Å². The van der Waals surface area contributed by atoms with E-state index < -0.39 is 0 Å². The highest BCUT2D eigenvalue weighted by atomic mass is 16.3. The minimum Gasteiger partial charge on any atom is -0.455 e. The molecule has 0 saturated heterocycles. The third-order valence-electron chi connectivity index (χ3n) is 17.2. The first-order valence-electron chi connectivity index (χ1n) is 24.1. The van der Waals surface area contributed by atoms with Crippen LogP contribution in [0.5, 0.6) is 0 Å². The van der Waals surface area contributed by atoms with Gasteiger partial charge in [0.2, 0.25) is 0 Å². The van der Waals surface area contributed by atoms with Crippen LogP contribution in [0.15, 0.2) is 144 Å². The van der Waals surface area contributed by atoms with Crippen LogP contribution >= 0.6 is 0 Å². The molecule has 0 unspecified atom stereocenters. The summed E-state index contributed by atoms with van der Waals surface area (Å²) < 4.78 is 6.60. The Morgan fingerprint density at radius 1 is 0.365 bits per heavy atom. The summed E-state index contributed by atoms with van der Waals surface area (Å²) in [6.45, 7) is 0. The lowest BCUT2D eigenvalue weighted by molar-refractivity contribution is -0.00530. The fourth-order valence-corrected chi connectivity index (χ4v) is 15.3. The molecule has 0 amide bonds. The van der Waals surface area contributed by atoms with E-state index in [1.807, 2.05) is 12.1 Å². The van der Waals surface area contributed by atoms with Crippen molar-refractivity contribution in [3.8, 4) is 56.4 Å². The van der Waals surface area contributed by atoms with Gasteiger partial charge in [-0.2, -0.15) is 0 Å². The third kappa shape index (κ3) is 6.03. The van der Waals surface area contributed by atoms with Gasteiger partial charge in [-0.25, -0.2) is 15.0 Å². The quantitative estimate of drug-likeness (QED) is 0.161. The highest BCUT2D eigenvalue weighted by molar-refractivity contribution is 6.09. The molecule has 4 nitrogen and oxygen atoms in total. The fourth-order valence-electron chi connectivity index (χ4n) is 15.3. The lowest BCUT2D eigenvalue weighted by Crippen LogP contribution is -2.48. The summed E-state index contributed by atoms with van der Waals surface area (Å²) in [4.78, 5) is 16.1. The van der Waals surface area contributed by atoms with E-state index in [9.17, 15) is 0 Å². The molecule has 16 rings (SSSR count). The van der Waals surface area contributed by atoms with E-state index in [1.54, 1.807) is 5.56 Å². The van der Waals surface area contributed by atoms with Crippen molar-refractivity contribution in [1.29, 1.82) is 0 Å². The second-order valence-corrected chi connectivity index (χ2v) is 21.3. The maximum atomic E-state index is 6.60. The molecule has 8 aliphatic carbocycles. The summed E-state index contributed by atoms with van der Waals surface area (Å²) in [5.41, 5.74) is 13.0. The molecule has 2 aromatic heterocycles. The first-order chi connectivity index (χ1) is 31.0. The predicted molar refractivity (Wildman–Crippen MR) is 254 cm³/mol. The zero-order chi connectivity index (χ0) is 41.3. The van der Waals surface area contributed by atoms with Gasteiger partial charge in [0.25, 0.3) is 0 Å². The average Bonchev–Trinajstić information content (AvgIpc) is 3.70. The molecule has 0 aliphatic heterocycles. The maximum Gasteiger partial charge on any atom is 0.167 e. The third-order valence-corrected chi connectivity index (χ3v) is 17.2. The molecule has 6 aromatic carbocycles. The van der Waals surface area contributed by atoms with Gasteiger partial charge in [-0.15, -0.1) is 0 Å². The molecule has 63 heavy (non-hydrogen) atoms. The Morgan fingerprint density at radius 2 is 0.810 bits per heavy atom. The smallest absolute Gasteiger partial charge is 0.167 e. The van der Waals surface area contributed by atoms with Crippen LogP contribution in [0.2, 0.25) is 0 Å². The van der Waals surface area contributed by atoms with Crippen molar-refractivity contribution in [3.63, 3.8) is 0 Å². The maximum absolute atomic E-state index is 6.60. The van der Waals surface area contributed by atoms with Crippen molar-refractivity contribution in [1.82, 2.24) is 15.0 Å². The molecule has 4 heteroatoms. The van der Waals surface area contributed by atoms with Crippen LogP contribution in [-0.4, -0.2) is 15.0 Å². The molecule has 8 aliphatic rings. The predicted octanol–water partition coefficient (Wildman–Crippen LogP) is 15.0. The summed E-state index contributed by atoms with van der Waals surface area (Å²) in [6.07, 6.45) is 16.9. The normalized spacial score (nSPS) is 29.0. The van der Waals surface area contributed by atoms with Crippen LogP contribution in [0.3, 0.4) is 0 Å². The van der Waals surface area contributed by atoms with Crippen LogP contribution in [0.25, 0.3) is 78.4 Å². The lowest BCUT2D eigenvalue weighted by Gasteiger charge is -2.57. The molecule has 0 N–H and O–H groups in total. The number of hydrogen-bond acceptors (Lipinski definition) is 4. The van der Waals surface area contributed by atoms with Gasteiger partial charge in [0.15, 0.2) is 17.5 Å². The molecule has 8 saturated carbocycles. The lowest BCUT2D eigenvalue weighted by atomic mass is 9.48. The van der Waals surface area contributed by atoms with Crippen molar-refractivity contribution in [2.24, 2.45) is 35.5 Å². The van der Waals surface area contributed by atoms with E-state index >= 15 is 0 Å². The van der Waals surface area contributed by atoms with Gasteiger partial charge in [0, 0.05) is 21.9 Å². The van der Waals surface area contributed by atoms with E-state index in [0.717, 1.165) is 79.7 Å². The Hall–Kier alpha value is -5.87. The van der Waals surface area contributed by atoms with E-state index in [0.29, 0.717) is 28.3 Å². The van der Waals surface area contributed by atoms with E-state index in [1.165, 1.54) is 99.3 Å². The molecule has 0 atom stereocenters.